The van der Waals surface area contributed by atoms with E-state index >= 15 is 0 Å². The fourth-order valence-corrected chi connectivity index (χ4v) is 1.43. The van der Waals surface area contributed by atoms with Crippen LogP contribution in [0.1, 0.15) is 12.0 Å². The van der Waals surface area contributed by atoms with Crippen LogP contribution in [0.5, 0.6) is 0 Å². The molecule has 0 bridgehead atoms. The molecule has 0 heterocycles. The second-order valence-corrected chi connectivity index (χ2v) is 3.74. The van der Waals surface area contributed by atoms with Crippen LogP contribution in [0.4, 0.5) is 10.5 Å². The molecule has 3 N–H and O–H groups in total. The number of carbonyl (C=O) groups excluding carboxylic acids is 2. The summed E-state index contributed by atoms with van der Waals surface area (Å²) in [5.41, 5.74) is 5.49. The molecule has 0 saturated carbocycles. The molecule has 0 atom stereocenters. The summed E-state index contributed by atoms with van der Waals surface area (Å²) in [7, 11) is 0. The Kier molecular flexibility index (Phi) is 4.96. The molecule has 7 heteroatoms. The minimum Gasteiger partial charge on any atom is -0.449 e. The van der Waals surface area contributed by atoms with E-state index in [0.717, 1.165) is 0 Å². The minimum atomic E-state index is -0.933. The first-order valence-corrected chi connectivity index (χ1v) is 5.32. The number of anilines is 1. The van der Waals surface area contributed by atoms with E-state index in [1.54, 1.807) is 0 Å². The van der Waals surface area contributed by atoms with Gasteiger partial charge < -0.3 is 15.8 Å². The SMILES string of the molecule is N#Cc1cc(Cl)cc(NC(=O)CCOC(N)=O)c1. The van der Waals surface area contributed by atoms with Crippen molar-refractivity contribution in [3.8, 4) is 6.07 Å². The molecule has 0 aliphatic heterocycles. The highest BCUT2D eigenvalue weighted by Crippen LogP contribution is 2.18. The number of ether oxygens (including phenoxy) is 1. The molecule has 0 unspecified atom stereocenters. The highest BCUT2D eigenvalue weighted by Gasteiger charge is 2.05. The number of carbonyl (C=O) groups is 2. The summed E-state index contributed by atoms with van der Waals surface area (Å²) in [5.74, 6) is -0.373. The number of hydrogen-bond donors (Lipinski definition) is 2. The average Bonchev–Trinajstić information content (AvgIpc) is 2.27. The van der Waals surface area contributed by atoms with Gasteiger partial charge in [0.15, 0.2) is 0 Å². The average molecular weight is 268 g/mol. The van der Waals surface area contributed by atoms with Crippen molar-refractivity contribution in [3.05, 3.63) is 28.8 Å². The Hall–Kier alpha value is -2.26. The molecule has 0 aromatic heterocycles. The molecular formula is C11H10ClN3O3. The van der Waals surface area contributed by atoms with Gasteiger partial charge in [-0.1, -0.05) is 11.6 Å². The highest BCUT2D eigenvalue weighted by molar-refractivity contribution is 6.31. The van der Waals surface area contributed by atoms with Crippen molar-refractivity contribution >= 4 is 29.3 Å². The van der Waals surface area contributed by atoms with Crippen LogP contribution < -0.4 is 11.1 Å². The fraction of sp³-hybridized carbons (Fsp3) is 0.182. The van der Waals surface area contributed by atoms with Crippen molar-refractivity contribution in [1.29, 1.82) is 5.26 Å². The molecule has 0 aliphatic rings. The van der Waals surface area contributed by atoms with Gasteiger partial charge in [-0.2, -0.15) is 5.26 Å². The molecule has 0 saturated heterocycles. The normalized spacial score (nSPS) is 9.33. The van der Waals surface area contributed by atoms with E-state index in [4.69, 9.17) is 22.6 Å². The second kappa shape index (κ2) is 6.47. The van der Waals surface area contributed by atoms with Gasteiger partial charge in [0.1, 0.15) is 6.61 Å². The van der Waals surface area contributed by atoms with E-state index in [0.29, 0.717) is 16.3 Å². The van der Waals surface area contributed by atoms with Crippen molar-refractivity contribution < 1.29 is 14.3 Å². The molecule has 1 aromatic rings. The summed E-state index contributed by atoms with van der Waals surface area (Å²) in [6.07, 6.45) is -0.963. The number of primary amides is 1. The Morgan fingerprint density at radius 3 is 2.78 bits per heavy atom. The summed E-state index contributed by atoms with van der Waals surface area (Å²) in [5, 5.41) is 11.6. The number of benzene rings is 1. The molecule has 94 valence electrons. The maximum Gasteiger partial charge on any atom is 0.404 e. The van der Waals surface area contributed by atoms with Crippen LogP contribution in [-0.2, 0) is 9.53 Å². The highest BCUT2D eigenvalue weighted by atomic mass is 35.5. The minimum absolute atomic E-state index is 0.0304. The van der Waals surface area contributed by atoms with Crippen LogP contribution >= 0.6 is 11.6 Å². The zero-order valence-electron chi connectivity index (χ0n) is 9.27. The van der Waals surface area contributed by atoms with Crippen LogP contribution in [0, 0.1) is 11.3 Å². The van der Waals surface area contributed by atoms with Crippen LogP contribution in [0.25, 0.3) is 0 Å². The van der Waals surface area contributed by atoms with Crippen LogP contribution in [0.2, 0.25) is 5.02 Å². The number of nitriles is 1. The van der Waals surface area contributed by atoms with Gasteiger partial charge in [0.25, 0.3) is 0 Å². The lowest BCUT2D eigenvalue weighted by Crippen LogP contribution is -2.18. The summed E-state index contributed by atoms with van der Waals surface area (Å²) in [6, 6.07) is 6.39. The molecule has 1 aromatic carbocycles. The first-order valence-electron chi connectivity index (χ1n) is 4.94. The lowest BCUT2D eigenvalue weighted by atomic mass is 10.2. The summed E-state index contributed by atoms with van der Waals surface area (Å²) in [4.78, 5) is 21.7. The maximum atomic E-state index is 11.4. The van der Waals surface area contributed by atoms with E-state index in [-0.39, 0.29) is 18.9 Å². The molecule has 6 nitrogen and oxygen atoms in total. The van der Waals surface area contributed by atoms with Crippen LogP contribution in [-0.4, -0.2) is 18.6 Å². The third-order valence-corrected chi connectivity index (χ3v) is 2.10. The Balaban J connectivity index is 2.57. The van der Waals surface area contributed by atoms with Crippen LogP contribution in [0.15, 0.2) is 18.2 Å². The number of amides is 2. The van der Waals surface area contributed by atoms with Gasteiger partial charge in [0.05, 0.1) is 18.1 Å². The molecule has 0 aliphatic carbocycles. The summed E-state index contributed by atoms with van der Waals surface area (Å²) < 4.78 is 4.42. The van der Waals surface area contributed by atoms with Crippen molar-refractivity contribution in [3.63, 3.8) is 0 Å². The maximum absolute atomic E-state index is 11.4. The first-order chi connectivity index (χ1) is 8.51. The monoisotopic (exact) mass is 267 g/mol. The van der Waals surface area contributed by atoms with Gasteiger partial charge in [-0.05, 0) is 18.2 Å². The smallest absolute Gasteiger partial charge is 0.404 e. The lowest BCUT2D eigenvalue weighted by molar-refractivity contribution is -0.116. The third kappa shape index (κ3) is 4.72. The van der Waals surface area contributed by atoms with E-state index in [9.17, 15) is 9.59 Å². The van der Waals surface area contributed by atoms with E-state index in [1.807, 2.05) is 6.07 Å². The van der Waals surface area contributed by atoms with Crippen molar-refractivity contribution in [2.45, 2.75) is 6.42 Å². The second-order valence-electron chi connectivity index (χ2n) is 3.31. The zero-order valence-corrected chi connectivity index (χ0v) is 10.0. The van der Waals surface area contributed by atoms with Gasteiger partial charge in [0.2, 0.25) is 5.91 Å². The number of nitrogens with two attached hydrogens (primary N) is 1. The van der Waals surface area contributed by atoms with Gasteiger partial charge in [-0.25, -0.2) is 4.79 Å². The van der Waals surface area contributed by atoms with E-state index in [2.05, 4.69) is 10.1 Å². The predicted octanol–water partition coefficient (Wildman–Crippen LogP) is 1.64. The van der Waals surface area contributed by atoms with Crippen LogP contribution in [0.3, 0.4) is 0 Å². The Morgan fingerprint density at radius 2 is 2.17 bits per heavy atom. The molecule has 0 fully saturated rings. The number of rotatable bonds is 4. The number of hydrogen-bond acceptors (Lipinski definition) is 4. The molecule has 2 amide bonds. The van der Waals surface area contributed by atoms with E-state index < -0.39 is 6.09 Å². The first kappa shape index (κ1) is 13.8. The van der Waals surface area contributed by atoms with Gasteiger partial charge in [-0.3, -0.25) is 4.79 Å². The molecular weight excluding hydrogens is 258 g/mol. The Bertz CT molecular complexity index is 511. The van der Waals surface area contributed by atoms with Crippen molar-refractivity contribution in [2.24, 2.45) is 5.73 Å². The van der Waals surface area contributed by atoms with Gasteiger partial charge >= 0.3 is 6.09 Å². The fourth-order valence-electron chi connectivity index (χ4n) is 1.19. The third-order valence-electron chi connectivity index (χ3n) is 1.88. The standard InChI is InChI=1S/C11H10ClN3O3/c12-8-3-7(6-13)4-9(5-8)15-10(16)1-2-18-11(14)17/h3-5H,1-2H2,(H2,14,17)(H,15,16). The van der Waals surface area contributed by atoms with Gasteiger partial charge in [-0.15, -0.1) is 0 Å². The summed E-state index contributed by atoms with van der Waals surface area (Å²) in [6.45, 7) is -0.104. The topological polar surface area (TPSA) is 105 Å². The molecule has 18 heavy (non-hydrogen) atoms. The molecule has 0 spiro atoms. The Morgan fingerprint density at radius 1 is 1.44 bits per heavy atom. The molecule has 0 radical (unpaired) electrons. The zero-order chi connectivity index (χ0) is 13.5. The van der Waals surface area contributed by atoms with Gasteiger partial charge in [0, 0.05) is 10.7 Å². The van der Waals surface area contributed by atoms with Crippen molar-refractivity contribution in [1.82, 2.24) is 0 Å². The molecule has 1 rings (SSSR count). The predicted molar refractivity (Wildman–Crippen MR) is 64.9 cm³/mol. The Labute approximate surface area is 108 Å². The number of halogens is 1. The van der Waals surface area contributed by atoms with E-state index in [1.165, 1.54) is 18.2 Å². The largest absolute Gasteiger partial charge is 0.449 e. The number of nitrogens with one attached hydrogen (secondary N) is 1. The lowest BCUT2D eigenvalue weighted by Gasteiger charge is -2.06. The van der Waals surface area contributed by atoms with Crippen molar-refractivity contribution in [2.75, 3.05) is 11.9 Å². The summed E-state index contributed by atoms with van der Waals surface area (Å²) >= 11 is 5.77. The number of nitrogens with zero attached hydrogens (tertiary/aromatic N) is 1. The quantitative estimate of drug-likeness (QED) is 0.865.